The Morgan fingerprint density at radius 1 is 0.932 bits per heavy atom. The van der Waals surface area contributed by atoms with E-state index in [0.29, 0.717) is 23.1 Å². The highest BCUT2D eigenvalue weighted by Crippen LogP contribution is 2.45. The number of benzene rings is 1. The van der Waals surface area contributed by atoms with Crippen LogP contribution in [0, 0.1) is 17.8 Å². The van der Waals surface area contributed by atoms with Gasteiger partial charge in [0.05, 0.1) is 60.2 Å². The number of methoxy groups -OCH3 is 1. The molecule has 3 aliphatic heterocycles. The largest absolute Gasteiger partial charge is 0.505 e. The summed E-state index contributed by atoms with van der Waals surface area (Å²) in [6.07, 6.45) is -3.19. The predicted molar refractivity (Wildman–Crippen MR) is 270 cm³/mol. The smallest absolute Gasteiger partial charge is 0.342 e. The minimum Gasteiger partial charge on any atom is -0.505 e. The van der Waals surface area contributed by atoms with Crippen molar-refractivity contribution in [2.24, 2.45) is 17.8 Å². The maximum absolute atomic E-state index is 14.0. The van der Waals surface area contributed by atoms with E-state index >= 15 is 0 Å². The molecule has 3 aliphatic rings. The lowest BCUT2D eigenvalue weighted by Gasteiger charge is -2.47. The van der Waals surface area contributed by atoms with E-state index in [1.54, 1.807) is 66.7 Å². The van der Waals surface area contributed by atoms with Crippen LogP contribution < -0.4 is 0 Å². The fourth-order valence-corrected chi connectivity index (χ4v) is 9.37. The molecule has 0 radical (unpaired) electrons. The zero-order chi connectivity index (χ0) is 54.8. The van der Waals surface area contributed by atoms with Crippen LogP contribution >= 0.6 is 23.2 Å². The van der Waals surface area contributed by atoms with Gasteiger partial charge in [-0.05, 0) is 90.5 Å². The Morgan fingerprint density at radius 2 is 1.60 bits per heavy atom. The summed E-state index contributed by atoms with van der Waals surface area (Å²) in [5.74, 6) is -5.44. The lowest BCUT2D eigenvalue weighted by Crippen LogP contribution is -2.64. The summed E-state index contributed by atoms with van der Waals surface area (Å²) in [6, 6.07) is 0. The van der Waals surface area contributed by atoms with E-state index < -0.39 is 139 Å². The summed E-state index contributed by atoms with van der Waals surface area (Å²) >= 11 is 12.2. The number of esters is 3. The molecule has 4 rings (SSSR count). The normalized spacial score (nSPS) is 34.5. The van der Waals surface area contributed by atoms with Crippen LogP contribution in [0.5, 0.6) is 11.5 Å². The molecule has 0 aliphatic carbocycles. The van der Waals surface area contributed by atoms with E-state index in [2.05, 4.69) is 0 Å². The molecule has 0 bridgehead atoms. The van der Waals surface area contributed by atoms with Gasteiger partial charge >= 0.3 is 17.9 Å². The number of aliphatic hydroxyl groups excluding tert-OH is 5. The number of hydrogen-bond acceptors (Lipinski definition) is 18. The first kappa shape index (κ1) is 61.7. The van der Waals surface area contributed by atoms with Crippen molar-refractivity contribution in [3.8, 4) is 11.5 Å². The van der Waals surface area contributed by atoms with E-state index in [1.807, 2.05) is 32.9 Å². The summed E-state index contributed by atoms with van der Waals surface area (Å²) in [7, 11) is 1.31. The number of aromatic hydroxyl groups is 2. The van der Waals surface area contributed by atoms with Crippen molar-refractivity contribution in [1.82, 2.24) is 0 Å². The fourth-order valence-electron chi connectivity index (χ4n) is 8.81. The summed E-state index contributed by atoms with van der Waals surface area (Å²) < 4.78 is 47.6. The summed E-state index contributed by atoms with van der Waals surface area (Å²) in [5.41, 5.74) is 0.491. The Kier molecular flexibility index (Phi) is 23.0. The van der Waals surface area contributed by atoms with Crippen molar-refractivity contribution in [3.63, 3.8) is 0 Å². The van der Waals surface area contributed by atoms with Crippen LogP contribution in [0.2, 0.25) is 10.0 Å². The van der Waals surface area contributed by atoms with Gasteiger partial charge in [-0.1, -0.05) is 86.9 Å². The highest BCUT2D eigenvalue weighted by atomic mass is 35.5. The van der Waals surface area contributed by atoms with Gasteiger partial charge in [-0.25, -0.2) is 9.59 Å². The second-order valence-corrected chi connectivity index (χ2v) is 20.5. The molecule has 0 aromatic heterocycles. The van der Waals surface area contributed by atoms with Crippen molar-refractivity contribution < 1.29 is 88.0 Å². The average molecular weight is 1070 g/mol. The van der Waals surface area contributed by atoms with E-state index in [-0.39, 0.29) is 46.9 Å². The molecule has 0 saturated carbocycles. The molecule has 1 aromatic rings. The number of carbonyl (C=O) groups excluding carboxylic acids is 3. The average Bonchev–Trinajstić information content (AvgIpc) is 3.33. The van der Waals surface area contributed by atoms with Crippen LogP contribution in [0.1, 0.15) is 111 Å². The summed E-state index contributed by atoms with van der Waals surface area (Å²) in [5, 5.41) is 76.5. The molecule has 3 heterocycles. The van der Waals surface area contributed by atoms with E-state index in [0.717, 1.165) is 0 Å². The van der Waals surface area contributed by atoms with Gasteiger partial charge in [-0.2, -0.15) is 0 Å². The van der Waals surface area contributed by atoms with Crippen molar-refractivity contribution in [2.45, 2.75) is 181 Å². The van der Waals surface area contributed by atoms with Crippen molar-refractivity contribution >= 4 is 41.1 Å². The molecule has 20 heteroatoms. The van der Waals surface area contributed by atoms with Gasteiger partial charge in [-0.15, -0.1) is 0 Å². The summed E-state index contributed by atoms with van der Waals surface area (Å²) in [6.45, 7) is 17.9. The number of cyclic esters (lactones) is 1. The SMILES string of the molecule is CCc1c(Cl)c(O)c(Cl)c(O)c1C(=O)OCC1[C@@H](C)O[C@@H](OC/C2=C\C=C\C[C@H](O)/C(C)=C/C(CC)[C@@H](O[C@@H]3OC(C)(C)[C@@H](OC(=O)C(C)C)[C@H](O)[C@@H]3O)/C(C)=C/C(C)=C/C[C@@H]([C@@H](C)O)OC2=O)[C@@H](OC)[C@H]1O. The number of phenolic OH excluding ortho intramolecular Hbond substituents is 2. The molecule has 0 spiro atoms. The minimum absolute atomic E-state index is 0.00789. The maximum atomic E-state index is 14.0. The monoisotopic (exact) mass is 1070 g/mol. The number of phenols is 2. The van der Waals surface area contributed by atoms with Gasteiger partial charge in [0.1, 0.15) is 40.6 Å². The number of rotatable bonds is 14. The number of aliphatic hydroxyl groups is 5. The van der Waals surface area contributed by atoms with Crippen LogP contribution in [0.15, 0.2) is 58.7 Å². The van der Waals surface area contributed by atoms with Crippen molar-refractivity contribution in [3.05, 3.63) is 79.9 Å². The molecule has 18 nitrogen and oxygen atoms in total. The molecule has 7 N–H and O–H groups in total. The molecule has 2 unspecified atom stereocenters. The van der Waals surface area contributed by atoms with Gasteiger partial charge in [0, 0.05) is 25.4 Å². The molecule has 2 saturated heterocycles. The fraction of sp³-hybridized carbons (Fsp3) is 0.642. The van der Waals surface area contributed by atoms with E-state index in [1.165, 1.54) is 20.1 Å². The Hall–Kier alpha value is -3.89. The number of allylic oxidation sites excluding steroid dienone is 4. The van der Waals surface area contributed by atoms with Crippen molar-refractivity contribution in [2.75, 3.05) is 20.3 Å². The first-order valence-electron chi connectivity index (χ1n) is 24.6. The zero-order valence-corrected chi connectivity index (χ0v) is 45.3. The predicted octanol–water partition coefficient (Wildman–Crippen LogP) is 6.48. The summed E-state index contributed by atoms with van der Waals surface area (Å²) in [4.78, 5) is 39.8. The second kappa shape index (κ2) is 27.2. The minimum atomic E-state index is -1.60. The Labute approximate surface area is 438 Å². The van der Waals surface area contributed by atoms with E-state index in [4.69, 9.17) is 61.1 Å². The molecule has 1 aromatic carbocycles. The quantitative estimate of drug-likeness (QED) is 0.0597. The molecule has 73 heavy (non-hydrogen) atoms. The molecule has 410 valence electrons. The second-order valence-electron chi connectivity index (χ2n) is 19.8. The molecule has 2 fully saturated rings. The van der Waals surface area contributed by atoms with Crippen LogP contribution in [0.25, 0.3) is 0 Å². The third kappa shape index (κ3) is 15.4. The van der Waals surface area contributed by atoms with Crippen molar-refractivity contribution in [1.29, 1.82) is 0 Å². The third-order valence-corrected chi connectivity index (χ3v) is 14.2. The first-order valence-corrected chi connectivity index (χ1v) is 25.4. The van der Waals surface area contributed by atoms with Gasteiger partial charge in [0.15, 0.2) is 30.2 Å². The number of hydrogen-bond donors (Lipinski definition) is 7. The molecule has 14 atom stereocenters. The lowest BCUT2D eigenvalue weighted by atomic mass is 9.88. The third-order valence-electron chi connectivity index (χ3n) is 13.4. The molecular formula is C53H76Cl2O18. The highest BCUT2D eigenvalue weighted by molar-refractivity contribution is 6.39. The molecular weight excluding hydrogens is 995 g/mol. The number of carbonyl (C=O) groups is 3. The van der Waals surface area contributed by atoms with Gasteiger partial charge in [0.2, 0.25) is 0 Å². The Morgan fingerprint density at radius 3 is 2.21 bits per heavy atom. The number of ether oxygens (including phenoxy) is 8. The van der Waals surface area contributed by atoms with Gasteiger partial charge in [0.25, 0.3) is 0 Å². The van der Waals surface area contributed by atoms with Crippen LogP contribution in [-0.2, 0) is 53.9 Å². The van der Waals surface area contributed by atoms with Crippen LogP contribution in [0.3, 0.4) is 0 Å². The Balaban J connectivity index is 1.58. The number of halogens is 2. The Bertz CT molecular complexity index is 2230. The maximum Gasteiger partial charge on any atom is 0.342 e. The van der Waals surface area contributed by atoms with Crippen LogP contribution in [-0.4, -0.2) is 153 Å². The topological polar surface area (TPSA) is 267 Å². The zero-order valence-electron chi connectivity index (χ0n) is 43.7. The highest BCUT2D eigenvalue weighted by Gasteiger charge is 2.53. The van der Waals surface area contributed by atoms with Crippen LogP contribution in [0.4, 0.5) is 0 Å². The first-order chi connectivity index (χ1) is 34.2. The van der Waals surface area contributed by atoms with Gasteiger partial charge < -0.3 is 73.6 Å². The molecule has 0 amide bonds. The lowest BCUT2D eigenvalue weighted by molar-refractivity contribution is -0.333. The van der Waals surface area contributed by atoms with Gasteiger partial charge in [-0.3, -0.25) is 4.79 Å². The van der Waals surface area contributed by atoms with E-state index in [9.17, 15) is 50.1 Å². The standard InChI is InChI=1S/C53H76Cl2O18/c1-13-31-22-27(6)35(57)18-16-15-17-32(23-68-52-46(66-12)40(58)34(30(9)69-52)24-67-50(65)37-33(14-2)38(54)42(60)39(55)41(37)59)49(64)70-36(29(8)56)20-19-26(5)21-28(7)45(31)71-51-44(62)43(61)47(53(10,11)73-51)72-48(63)25(3)4/h15-17,19,21-22,25,29-31,34-36,40,43-47,51-52,56-62H,13-14,18,20,23-24H2,1-12H3/b16-15+,26-19+,27-22+,28-21+,32-17+/t29-,30-,31?,34?,35+,36+,40+,43-,44+,45+,46+,47+,51-,52-/m1/s1.